The predicted molar refractivity (Wildman–Crippen MR) is 67.1 cm³/mol. The molecule has 1 N–H and O–H groups in total. The van der Waals surface area contributed by atoms with E-state index in [1.165, 1.54) is 0 Å². The van der Waals surface area contributed by atoms with E-state index in [1.807, 2.05) is 25.1 Å². The molecule has 2 aromatic rings. The maximum atomic E-state index is 5.84. The second kappa shape index (κ2) is 4.47. The maximum Gasteiger partial charge on any atom is 0.187 e. The third-order valence-electron chi connectivity index (χ3n) is 1.89. The number of halogens is 2. The summed E-state index contributed by atoms with van der Waals surface area (Å²) in [7, 11) is 0. The first-order valence-electron chi connectivity index (χ1n) is 4.18. The topological polar surface area (TPSA) is 37.8 Å². The number of benzene rings is 1. The quantitative estimate of drug-likeness (QED) is 0.911. The molecular weight excluding hydrogens is 298 g/mol. The fraction of sp³-hybridized carbons (Fsp3) is 0.111. The van der Waals surface area contributed by atoms with Gasteiger partial charge in [-0.15, -0.1) is 0 Å². The molecule has 0 aliphatic heterocycles. The van der Waals surface area contributed by atoms with Crippen LogP contribution in [0.3, 0.4) is 0 Å². The van der Waals surface area contributed by atoms with Crippen LogP contribution in [0.5, 0.6) is 0 Å². The molecule has 0 saturated heterocycles. The van der Waals surface area contributed by atoms with Crippen molar-refractivity contribution in [2.75, 3.05) is 5.32 Å². The van der Waals surface area contributed by atoms with Crippen LogP contribution >= 0.6 is 39.3 Å². The molecule has 0 unspecified atom stereocenters. The molecule has 78 valence electrons. The van der Waals surface area contributed by atoms with Crippen molar-refractivity contribution >= 4 is 50.8 Å². The van der Waals surface area contributed by atoms with Crippen molar-refractivity contribution in [2.24, 2.45) is 0 Å². The lowest BCUT2D eigenvalue weighted by molar-refractivity contribution is 1.38. The van der Waals surface area contributed by atoms with Crippen LogP contribution in [-0.2, 0) is 0 Å². The average Bonchev–Trinajstić information content (AvgIpc) is 2.60. The molecule has 15 heavy (non-hydrogen) atoms. The molecule has 1 aromatic heterocycles. The standard InChI is InChI=1S/C9H7BrClN3S/c1-5-3-2-4-6(7(5)10)12-9-8(11)13-15-14-9/h2-4H,1H3,(H,12,14). The number of anilines is 2. The Kier molecular flexibility index (Phi) is 3.23. The first kappa shape index (κ1) is 10.9. The molecule has 0 aliphatic rings. The Morgan fingerprint density at radius 1 is 1.40 bits per heavy atom. The Hall–Kier alpha value is -0.650. The van der Waals surface area contributed by atoms with E-state index in [4.69, 9.17) is 11.6 Å². The van der Waals surface area contributed by atoms with Gasteiger partial charge in [-0.05, 0) is 34.5 Å². The van der Waals surface area contributed by atoms with E-state index >= 15 is 0 Å². The highest BCUT2D eigenvalue weighted by Crippen LogP contribution is 2.30. The Morgan fingerprint density at radius 3 is 2.87 bits per heavy atom. The zero-order chi connectivity index (χ0) is 10.8. The van der Waals surface area contributed by atoms with E-state index in [0.29, 0.717) is 11.0 Å². The zero-order valence-corrected chi connectivity index (χ0v) is 10.9. The molecule has 3 nitrogen and oxygen atoms in total. The van der Waals surface area contributed by atoms with Gasteiger partial charge in [-0.3, -0.25) is 0 Å². The van der Waals surface area contributed by atoms with Crippen LogP contribution in [0.15, 0.2) is 22.7 Å². The van der Waals surface area contributed by atoms with Crippen molar-refractivity contribution in [1.82, 2.24) is 8.75 Å². The highest BCUT2D eigenvalue weighted by Gasteiger charge is 2.08. The van der Waals surface area contributed by atoms with Crippen molar-refractivity contribution < 1.29 is 0 Å². The minimum absolute atomic E-state index is 0.397. The largest absolute Gasteiger partial charge is 0.336 e. The zero-order valence-electron chi connectivity index (χ0n) is 7.79. The second-order valence-corrected chi connectivity index (χ2v) is 4.64. The summed E-state index contributed by atoms with van der Waals surface area (Å²) in [6.45, 7) is 2.02. The molecule has 0 radical (unpaired) electrons. The molecule has 0 spiro atoms. The number of nitrogens with one attached hydrogen (secondary N) is 1. The van der Waals surface area contributed by atoms with Crippen LogP contribution in [0.25, 0.3) is 0 Å². The molecule has 1 aromatic carbocycles. The second-order valence-electron chi connectivity index (χ2n) is 2.97. The summed E-state index contributed by atoms with van der Waals surface area (Å²) in [5.74, 6) is 0.591. The lowest BCUT2D eigenvalue weighted by Crippen LogP contribution is -1.93. The number of nitrogens with zero attached hydrogens (tertiary/aromatic N) is 2. The van der Waals surface area contributed by atoms with Crippen molar-refractivity contribution in [3.05, 3.63) is 33.4 Å². The fourth-order valence-electron chi connectivity index (χ4n) is 1.12. The van der Waals surface area contributed by atoms with E-state index in [2.05, 4.69) is 30.0 Å². The third kappa shape index (κ3) is 2.30. The van der Waals surface area contributed by atoms with Crippen molar-refractivity contribution in [2.45, 2.75) is 6.92 Å². The smallest absolute Gasteiger partial charge is 0.187 e. The maximum absolute atomic E-state index is 5.84. The van der Waals surface area contributed by atoms with Gasteiger partial charge in [-0.25, -0.2) is 0 Å². The van der Waals surface area contributed by atoms with E-state index in [1.54, 1.807) is 0 Å². The molecule has 2 rings (SSSR count). The summed E-state index contributed by atoms with van der Waals surface area (Å²) in [6.07, 6.45) is 0. The predicted octanol–water partition coefficient (Wildman–Crippen LogP) is 4.01. The number of hydrogen-bond donors (Lipinski definition) is 1. The molecule has 0 bridgehead atoms. The van der Waals surface area contributed by atoms with Crippen LogP contribution in [0.2, 0.25) is 5.15 Å². The van der Waals surface area contributed by atoms with Gasteiger partial charge in [-0.1, -0.05) is 23.7 Å². The highest BCUT2D eigenvalue weighted by molar-refractivity contribution is 9.10. The van der Waals surface area contributed by atoms with Gasteiger partial charge in [0.2, 0.25) is 0 Å². The Bertz CT molecular complexity index is 486. The van der Waals surface area contributed by atoms with Crippen molar-refractivity contribution in [3.63, 3.8) is 0 Å². The molecule has 0 amide bonds. The number of hydrogen-bond acceptors (Lipinski definition) is 4. The normalized spacial score (nSPS) is 10.3. The van der Waals surface area contributed by atoms with Gasteiger partial charge in [0.25, 0.3) is 0 Å². The molecular formula is C9H7BrClN3S. The van der Waals surface area contributed by atoms with Gasteiger partial charge >= 0.3 is 0 Å². The molecule has 0 saturated carbocycles. The summed E-state index contributed by atoms with van der Waals surface area (Å²) < 4.78 is 8.94. The monoisotopic (exact) mass is 303 g/mol. The van der Waals surface area contributed by atoms with E-state index in [-0.39, 0.29) is 0 Å². The van der Waals surface area contributed by atoms with Gasteiger partial charge in [0, 0.05) is 4.47 Å². The molecule has 1 heterocycles. The van der Waals surface area contributed by atoms with Gasteiger partial charge in [-0.2, -0.15) is 8.75 Å². The van der Waals surface area contributed by atoms with E-state index in [0.717, 1.165) is 27.5 Å². The molecule has 6 heteroatoms. The van der Waals surface area contributed by atoms with Crippen molar-refractivity contribution in [3.8, 4) is 0 Å². The summed E-state index contributed by atoms with van der Waals surface area (Å²) in [5.41, 5.74) is 2.09. The molecule has 0 aliphatic carbocycles. The highest BCUT2D eigenvalue weighted by atomic mass is 79.9. The summed E-state index contributed by atoms with van der Waals surface area (Å²) >= 11 is 10.4. The summed E-state index contributed by atoms with van der Waals surface area (Å²) in [6, 6.07) is 5.94. The van der Waals surface area contributed by atoms with Gasteiger partial charge in [0.1, 0.15) is 0 Å². The SMILES string of the molecule is Cc1cccc(Nc2nsnc2Cl)c1Br. The van der Waals surface area contributed by atoms with Crippen LogP contribution in [0.1, 0.15) is 5.56 Å². The first-order chi connectivity index (χ1) is 7.18. The van der Waals surface area contributed by atoms with E-state index < -0.39 is 0 Å². The van der Waals surface area contributed by atoms with Crippen LogP contribution < -0.4 is 5.32 Å². The number of aryl methyl sites for hydroxylation is 1. The fourth-order valence-corrected chi connectivity index (χ4v) is 2.13. The lowest BCUT2D eigenvalue weighted by Gasteiger charge is -2.07. The Balaban J connectivity index is 2.33. The van der Waals surface area contributed by atoms with Crippen LogP contribution in [0.4, 0.5) is 11.5 Å². The molecule has 0 atom stereocenters. The van der Waals surface area contributed by atoms with Gasteiger partial charge < -0.3 is 5.32 Å². The van der Waals surface area contributed by atoms with E-state index in [9.17, 15) is 0 Å². The lowest BCUT2D eigenvalue weighted by atomic mass is 10.2. The minimum Gasteiger partial charge on any atom is -0.336 e. The van der Waals surface area contributed by atoms with Crippen LogP contribution in [0, 0.1) is 6.92 Å². The van der Waals surface area contributed by atoms with Crippen molar-refractivity contribution in [1.29, 1.82) is 0 Å². The minimum atomic E-state index is 0.397. The van der Waals surface area contributed by atoms with Crippen LogP contribution in [-0.4, -0.2) is 8.75 Å². The Labute approximate surface area is 105 Å². The summed E-state index contributed by atoms with van der Waals surface area (Å²) in [5, 5.41) is 3.52. The number of aromatic nitrogens is 2. The van der Waals surface area contributed by atoms with Gasteiger partial charge in [0.05, 0.1) is 17.4 Å². The molecule has 0 fully saturated rings. The summed E-state index contributed by atoms with van der Waals surface area (Å²) in [4.78, 5) is 0. The first-order valence-corrected chi connectivity index (χ1v) is 6.09. The average molecular weight is 305 g/mol. The van der Waals surface area contributed by atoms with Gasteiger partial charge in [0.15, 0.2) is 11.0 Å². The third-order valence-corrected chi connectivity index (χ3v) is 3.84. The number of rotatable bonds is 2. The Morgan fingerprint density at radius 2 is 2.20 bits per heavy atom.